The molecule has 0 unspecified atom stereocenters. The molecular formula is C27H44O5. The molecular weight excluding hydrogens is 404 g/mol. The third-order valence-electron chi connectivity index (χ3n) is 10.2. The van der Waals surface area contributed by atoms with Crippen LogP contribution in [-0.4, -0.2) is 36.4 Å². The average molecular weight is 449 g/mol. The highest BCUT2D eigenvalue weighted by Crippen LogP contribution is 2.68. The zero-order chi connectivity index (χ0) is 23.3. The fourth-order valence-electron chi connectivity index (χ4n) is 8.81. The molecule has 0 spiro atoms. The second kappa shape index (κ2) is 8.60. The van der Waals surface area contributed by atoms with E-state index < -0.39 is 5.41 Å². The van der Waals surface area contributed by atoms with Gasteiger partial charge in [-0.2, -0.15) is 0 Å². The molecule has 0 aliphatic heterocycles. The van der Waals surface area contributed by atoms with Crippen LogP contribution in [0.4, 0.5) is 0 Å². The van der Waals surface area contributed by atoms with E-state index in [4.69, 9.17) is 9.47 Å². The Morgan fingerprint density at radius 2 is 1.91 bits per heavy atom. The Bertz CT molecular complexity index is 713. The Kier molecular flexibility index (Phi) is 6.46. The minimum atomic E-state index is -0.520. The summed E-state index contributed by atoms with van der Waals surface area (Å²) in [5, 5.41) is 11.4. The number of aliphatic hydroxyl groups excluding tert-OH is 1. The summed E-state index contributed by atoms with van der Waals surface area (Å²) in [4.78, 5) is 23.7. The van der Waals surface area contributed by atoms with Crippen molar-refractivity contribution in [2.75, 3.05) is 6.61 Å². The fraction of sp³-hybridized carbons (Fsp3) is 0.926. The van der Waals surface area contributed by atoms with Crippen LogP contribution in [0, 0.1) is 45.8 Å². The monoisotopic (exact) mass is 448 g/mol. The van der Waals surface area contributed by atoms with E-state index in [1.165, 1.54) is 32.1 Å². The lowest BCUT2D eigenvalue weighted by Gasteiger charge is -2.61. The molecule has 0 amide bonds. The minimum Gasteiger partial charge on any atom is -0.467 e. The first-order valence-electron chi connectivity index (χ1n) is 13.0. The molecule has 1 N–H and O–H groups in total. The highest BCUT2D eigenvalue weighted by molar-refractivity contribution is 5.75. The fourth-order valence-corrected chi connectivity index (χ4v) is 8.81. The van der Waals surface area contributed by atoms with Crippen LogP contribution in [0.25, 0.3) is 0 Å². The third kappa shape index (κ3) is 3.80. The Hall–Kier alpha value is -1.10. The molecule has 4 rings (SSSR count). The van der Waals surface area contributed by atoms with E-state index >= 15 is 0 Å². The molecule has 0 bridgehead atoms. The standard InChI is InChI=1S/C27H44O5/c1-17(32-24(30)25(2,3)4)21-14-22(29)23-19-10-9-18-8-6-7-12-27(18,15-31-16-28)20(19)11-13-26(21,23)5/h16-23,29H,6-15H2,1-5H3/t17-,18+,19+,20-,21+,22+,23-,26+,27+/m0/s1. The van der Waals surface area contributed by atoms with Gasteiger partial charge in [-0.05, 0) is 102 Å². The van der Waals surface area contributed by atoms with Crippen molar-refractivity contribution in [2.24, 2.45) is 45.8 Å². The second-order valence-corrected chi connectivity index (χ2v) is 12.8. The lowest BCUT2D eigenvalue weighted by Crippen LogP contribution is -2.57. The number of ether oxygens (including phenoxy) is 2. The molecule has 182 valence electrons. The summed E-state index contributed by atoms with van der Waals surface area (Å²) in [5.41, 5.74) is -0.453. The van der Waals surface area contributed by atoms with Gasteiger partial charge >= 0.3 is 5.97 Å². The maximum Gasteiger partial charge on any atom is 0.311 e. The zero-order valence-electron chi connectivity index (χ0n) is 20.8. The van der Waals surface area contributed by atoms with Gasteiger partial charge in [-0.25, -0.2) is 0 Å². The van der Waals surface area contributed by atoms with Gasteiger partial charge in [0.05, 0.1) is 18.1 Å². The van der Waals surface area contributed by atoms with Crippen molar-refractivity contribution in [3.8, 4) is 0 Å². The highest BCUT2D eigenvalue weighted by atomic mass is 16.5. The van der Waals surface area contributed by atoms with E-state index in [0.717, 1.165) is 19.3 Å². The van der Waals surface area contributed by atoms with Crippen LogP contribution >= 0.6 is 0 Å². The van der Waals surface area contributed by atoms with E-state index in [1.54, 1.807) is 0 Å². The summed E-state index contributed by atoms with van der Waals surface area (Å²) in [6.45, 7) is 11.2. The number of fused-ring (bicyclic) bond motifs is 5. The number of rotatable bonds is 5. The maximum absolute atomic E-state index is 12.6. The van der Waals surface area contributed by atoms with Gasteiger partial charge in [0.15, 0.2) is 0 Å². The van der Waals surface area contributed by atoms with Crippen LogP contribution in [0.2, 0.25) is 0 Å². The molecule has 32 heavy (non-hydrogen) atoms. The van der Waals surface area contributed by atoms with E-state index in [2.05, 4.69) is 6.92 Å². The normalized spacial score (nSPS) is 44.6. The molecule has 5 nitrogen and oxygen atoms in total. The average Bonchev–Trinajstić information content (AvgIpc) is 3.02. The van der Waals surface area contributed by atoms with Gasteiger partial charge in [0.1, 0.15) is 6.10 Å². The van der Waals surface area contributed by atoms with Crippen molar-refractivity contribution < 1.29 is 24.2 Å². The van der Waals surface area contributed by atoms with Gasteiger partial charge in [0.2, 0.25) is 0 Å². The Morgan fingerprint density at radius 1 is 1.16 bits per heavy atom. The van der Waals surface area contributed by atoms with Crippen LogP contribution in [0.3, 0.4) is 0 Å². The number of carbonyl (C=O) groups excluding carboxylic acids is 2. The summed E-state index contributed by atoms with van der Waals surface area (Å²) in [6, 6.07) is 0. The van der Waals surface area contributed by atoms with Gasteiger partial charge in [-0.15, -0.1) is 0 Å². The Balaban J connectivity index is 1.59. The van der Waals surface area contributed by atoms with E-state index in [9.17, 15) is 14.7 Å². The predicted molar refractivity (Wildman–Crippen MR) is 123 cm³/mol. The lowest BCUT2D eigenvalue weighted by molar-refractivity contribution is -0.174. The first kappa shape index (κ1) is 24.0. The van der Waals surface area contributed by atoms with Crippen LogP contribution < -0.4 is 0 Å². The molecule has 0 heterocycles. The minimum absolute atomic E-state index is 0.0215. The number of aliphatic hydroxyl groups is 1. The largest absolute Gasteiger partial charge is 0.467 e. The van der Waals surface area contributed by atoms with Crippen LogP contribution in [-0.2, 0) is 19.1 Å². The molecule has 4 saturated carbocycles. The maximum atomic E-state index is 12.6. The first-order valence-corrected chi connectivity index (χ1v) is 13.0. The van der Waals surface area contributed by atoms with E-state index in [0.29, 0.717) is 37.3 Å². The van der Waals surface area contributed by atoms with E-state index in [1.807, 2.05) is 27.7 Å². The highest BCUT2D eigenvalue weighted by Gasteiger charge is 2.64. The van der Waals surface area contributed by atoms with Gasteiger partial charge in [0, 0.05) is 11.3 Å². The van der Waals surface area contributed by atoms with Gasteiger partial charge < -0.3 is 14.6 Å². The van der Waals surface area contributed by atoms with Crippen LogP contribution in [0.5, 0.6) is 0 Å². The van der Waals surface area contributed by atoms with Crippen LogP contribution in [0.15, 0.2) is 0 Å². The summed E-state index contributed by atoms with van der Waals surface area (Å²) < 4.78 is 11.4. The summed E-state index contributed by atoms with van der Waals surface area (Å²) in [5.74, 6) is 1.87. The molecule has 4 aliphatic carbocycles. The van der Waals surface area contributed by atoms with Gasteiger partial charge in [-0.1, -0.05) is 19.8 Å². The molecule has 4 aliphatic rings. The molecule has 0 aromatic rings. The van der Waals surface area contributed by atoms with Crippen molar-refractivity contribution in [3.05, 3.63) is 0 Å². The molecule has 0 saturated heterocycles. The van der Waals surface area contributed by atoms with E-state index in [-0.39, 0.29) is 40.8 Å². The van der Waals surface area contributed by atoms with Gasteiger partial charge in [-0.3, -0.25) is 9.59 Å². The third-order valence-corrected chi connectivity index (χ3v) is 10.2. The number of hydrogen-bond donors (Lipinski definition) is 1. The molecule has 4 fully saturated rings. The Morgan fingerprint density at radius 3 is 2.59 bits per heavy atom. The summed E-state index contributed by atoms with van der Waals surface area (Å²) >= 11 is 0. The van der Waals surface area contributed by atoms with Crippen molar-refractivity contribution in [1.29, 1.82) is 0 Å². The van der Waals surface area contributed by atoms with Crippen molar-refractivity contribution in [1.82, 2.24) is 0 Å². The molecule has 0 aromatic heterocycles. The predicted octanol–water partition coefficient (Wildman–Crippen LogP) is 5.14. The van der Waals surface area contributed by atoms with Crippen molar-refractivity contribution in [3.63, 3.8) is 0 Å². The number of carbonyl (C=O) groups is 2. The summed E-state index contributed by atoms with van der Waals surface area (Å²) in [6.07, 6.45) is 9.59. The first-order chi connectivity index (χ1) is 15.0. The number of hydrogen-bond acceptors (Lipinski definition) is 5. The molecule has 0 radical (unpaired) electrons. The molecule has 5 heteroatoms. The van der Waals surface area contributed by atoms with Crippen LogP contribution in [0.1, 0.15) is 92.4 Å². The lowest BCUT2D eigenvalue weighted by atomic mass is 9.44. The number of esters is 1. The zero-order valence-corrected chi connectivity index (χ0v) is 20.8. The Labute approximate surface area is 194 Å². The van der Waals surface area contributed by atoms with Crippen molar-refractivity contribution in [2.45, 2.75) is 105 Å². The summed E-state index contributed by atoms with van der Waals surface area (Å²) in [7, 11) is 0. The molecule has 0 aromatic carbocycles. The SMILES string of the molecule is C[C@H](OC(=O)C(C)(C)C)[C@H]1C[C@@H](O)[C@@H]2[C@@H]3CC[C@H]4CCCC[C@]4(COC=O)[C@H]3CC[C@@]21C. The smallest absolute Gasteiger partial charge is 0.311 e. The topological polar surface area (TPSA) is 72.8 Å². The second-order valence-electron chi connectivity index (χ2n) is 12.8. The van der Waals surface area contributed by atoms with Crippen molar-refractivity contribution >= 4 is 12.4 Å². The molecule has 9 atom stereocenters. The quantitative estimate of drug-likeness (QED) is 0.466. The van der Waals surface area contributed by atoms with Gasteiger partial charge in [0.25, 0.3) is 6.47 Å².